The summed E-state index contributed by atoms with van der Waals surface area (Å²) >= 11 is 1.69. The highest BCUT2D eigenvalue weighted by molar-refractivity contribution is 7.09. The summed E-state index contributed by atoms with van der Waals surface area (Å²) in [5.74, 6) is 0. The van der Waals surface area contributed by atoms with E-state index in [0.717, 1.165) is 33.7 Å². The van der Waals surface area contributed by atoms with Gasteiger partial charge in [-0.3, -0.25) is 0 Å². The fraction of sp³-hybridized carbons (Fsp3) is 0.286. The van der Waals surface area contributed by atoms with Gasteiger partial charge in [-0.2, -0.15) is 0 Å². The van der Waals surface area contributed by atoms with E-state index in [2.05, 4.69) is 26.8 Å². The number of rotatable bonds is 4. The zero-order valence-electron chi connectivity index (χ0n) is 10.7. The van der Waals surface area contributed by atoms with Gasteiger partial charge in [-0.1, -0.05) is 6.92 Å². The first kappa shape index (κ1) is 12.3. The molecule has 0 fully saturated rings. The summed E-state index contributed by atoms with van der Waals surface area (Å²) in [7, 11) is 0. The van der Waals surface area contributed by atoms with E-state index in [0.29, 0.717) is 6.54 Å². The van der Waals surface area contributed by atoms with Gasteiger partial charge < -0.3 is 9.67 Å². The van der Waals surface area contributed by atoms with Crippen LogP contribution in [-0.4, -0.2) is 19.6 Å². The van der Waals surface area contributed by atoms with Crippen molar-refractivity contribution in [3.05, 3.63) is 46.2 Å². The predicted molar refractivity (Wildman–Crippen MR) is 76.2 cm³/mol. The Morgan fingerprint density at radius 2 is 2.32 bits per heavy atom. The van der Waals surface area contributed by atoms with E-state index in [-0.39, 0.29) is 6.61 Å². The molecule has 4 nitrogen and oxygen atoms in total. The first-order valence-electron chi connectivity index (χ1n) is 6.28. The molecule has 1 N–H and O–H groups in total. The van der Waals surface area contributed by atoms with Crippen molar-refractivity contribution in [3.8, 4) is 0 Å². The van der Waals surface area contributed by atoms with Crippen molar-refractivity contribution in [2.75, 3.05) is 0 Å². The lowest BCUT2D eigenvalue weighted by atomic mass is 10.2. The standard InChI is InChI=1S/C14H15N3OS/c1-2-13-16-11(9-19-13)7-17-6-10(8-18)12-4-3-5-15-14(12)17/h3-6,9,18H,2,7-8H2,1H3. The fourth-order valence-electron chi connectivity index (χ4n) is 2.20. The first-order valence-corrected chi connectivity index (χ1v) is 7.16. The molecule has 98 valence electrons. The number of hydrogen-bond acceptors (Lipinski definition) is 4. The SMILES string of the molecule is CCc1nc(Cn2cc(CO)c3cccnc32)cs1. The lowest BCUT2D eigenvalue weighted by Gasteiger charge is -2.01. The Bertz CT molecular complexity index is 702. The topological polar surface area (TPSA) is 50.9 Å². The van der Waals surface area contributed by atoms with E-state index in [1.165, 1.54) is 0 Å². The van der Waals surface area contributed by atoms with Crippen LogP contribution in [0.2, 0.25) is 0 Å². The summed E-state index contributed by atoms with van der Waals surface area (Å²) in [6, 6.07) is 3.88. The molecule has 0 unspecified atom stereocenters. The van der Waals surface area contributed by atoms with Crippen LogP contribution in [0.25, 0.3) is 11.0 Å². The maximum atomic E-state index is 9.40. The van der Waals surface area contributed by atoms with Crippen molar-refractivity contribution in [2.45, 2.75) is 26.5 Å². The molecular formula is C14H15N3OS. The molecule has 3 aromatic rings. The van der Waals surface area contributed by atoms with Gasteiger partial charge in [0.15, 0.2) is 0 Å². The van der Waals surface area contributed by atoms with E-state index in [1.807, 2.05) is 18.3 Å². The smallest absolute Gasteiger partial charge is 0.140 e. The molecule has 0 bridgehead atoms. The lowest BCUT2D eigenvalue weighted by Crippen LogP contribution is -1.99. The number of pyridine rings is 1. The summed E-state index contributed by atoms with van der Waals surface area (Å²) in [4.78, 5) is 8.97. The predicted octanol–water partition coefficient (Wildman–Crippen LogP) is 2.60. The monoisotopic (exact) mass is 273 g/mol. The Kier molecular flexibility index (Phi) is 3.31. The van der Waals surface area contributed by atoms with E-state index >= 15 is 0 Å². The zero-order chi connectivity index (χ0) is 13.2. The Hall–Kier alpha value is -1.72. The molecule has 0 aromatic carbocycles. The van der Waals surface area contributed by atoms with Crippen LogP contribution in [0.5, 0.6) is 0 Å². The van der Waals surface area contributed by atoms with Crippen molar-refractivity contribution in [2.24, 2.45) is 0 Å². The molecule has 0 amide bonds. The van der Waals surface area contributed by atoms with Crippen LogP contribution < -0.4 is 0 Å². The molecule has 0 aliphatic heterocycles. The summed E-state index contributed by atoms with van der Waals surface area (Å²) in [5.41, 5.74) is 2.86. The zero-order valence-corrected chi connectivity index (χ0v) is 11.5. The van der Waals surface area contributed by atoms with Crippen LogP contribution in [0.15, 0.2) is 29.9 Å². The minimum atomic E-state index is 0.0342. The number of fused-ring (bicyclic) bond motifs is 1. The largest absolute Gasteiger partial charge is 0.392 e. The molecule has 0 aliphatic rings. The number of aliphatic hydroxyl groups excluding tert-OH is 1. The van der Waals surface area contributed by atoms with Crippen LogP contribution in [0, 0.1) is 0 Å². The highest BCUT2D eigenvalue weighted by Crippen LogP contribution is 2.21. The Balaban J connectivity index is 2.00. The Morgan fingerprint density at radius 3 is 3.05 bits per heavy atom. The molecular weight excluding hydrogens is 258 g/mol. The fourth-order valence-corrected chi connectivity index (χ4v) is 2.94. The lowest BCUT2D eigenvalue weighted by molar-refractivity contribution is 0.283. The van der Waals surface area contributed by atoms with Crippen LogP contribution >= 0.6 is 11.3 Å². The molecule has 0 atom stereocenters. The van der Waals surface area contributed by atoms with Crippen LogP contribution in [-0.2, 0) is 19.6 Å². The minimum Gasteiger partial charge on any atom is -0.392 e. The van der Waals surface area contributed by atoms with Gasteiger partial charge in [0, 0.05) is 28.7 Å². The normalized spacial score (nSPS) is 11.3. The number of nitrogens with zero attached hydrogens (tertiary/aromatic N) is 3. The van der Waals surface area contributed by atoms with Crippen molar-refractivity contribution in [1.29, 1.82) is 0 Å². The van der Waals surface area contributed by atoms with Gasteiger partial charge in [0.05, 0.1) is 23.9 Å². The second-order valence-electron chi connectivity index (χ2n) is 4.40. The van der Waals surface area contributed by atoms with Gasteiger partial charge in [-0.25, -0.2) is 9.97 Å². The van der Waals surface area contributed by atoms with E-state index in [9.17, 15) is 5.11 Å². The van der Waals surface area contributed by atoms with Crippen LogP contribution in [0.3, 0.4) is 0 Å². The van der Waals surface area contributed by atoms with Gasteiger partial charge in [-0.05, 0) is 18.6 Å². The van der Waals surface area contributed by atoms with Gasteiger partial charge in [0.2, 0.25) is 0 Å². The quantitative estimate of drug-likeness (QED) is 0.795. The van der Waals surface area contributed by atoms with Crippen molar-refractivity contribution in [3.63, 3.8) is 0 Å². The molecule has 19 heavy (non-hydrogen) atoms. The Morgan fingerprint density at radius 1 is 1.42 bits per heavy atom. The van der Waals surface area contributed by atoms with Crippen molar-refractivity contribution >= 4 is 22.4 Å². The number of aliphatic hydroxyl groups is 1. The van der Waals surface area contributed by atoms with Crippen LogP contribution in [0.1, 0.15) is 23.2 Å². The summed E-state index contributed by atoms with van der Waals surface area (Å²) in [5, 5.41) is 13.7. The van der Waals surface area contributed by atoms with E-state index in [4.69, 9.17) is 0 Å². The number of hydrogen-bond donors (Lipinski definition) is 1. The maximum absolute atomic E-state index is 9.40. The molecule has 3 rings (SSSR count). The summed E-state index contributed by atoms with van der Waals surface area (Å²) in [6.45, 7) is 2.84. The average molecular weight is 273 g/mol. The highest BCUT2D eigenvalue weighted by Gasteiger charge is 2.10. The molecule has 0 spiro atoms. The van der Waals surface area contributed by atoms with Gasteiger partial charge in [-0.15, -0.1) is 11.3 Å². The van der Waals surface area contributed by atoms with Crippen molar-refractivity contribution in [1.82, 2.24) is 14.5 Å². The second kappa shape index (κ2) is 5.11. The average Bonchev–Trinajstić information content (AvgIpc) is 3.04. The number of aryl methyl sites for hydroxylation is 1. The molecule has 3 aromatic heterocycles. The Labute approximate surface area is 115 Å². The summed E-state index contributed by atoms with van der Waals surface area (Å²) < 4.78 is 2.05. The maximum Gasteiger partial charge on any atom is 0.140 e. The van der Waals surface area contributed by atoms with Crippen molar-refractivity contribution < 1.29 is 5.11 Å². The molecule has 0 saturated heterocycles. The molecule has 3 heterocycles. The van der Waals surface area contributed by atoms with Gasteiger partial charge >= 0.3 is 0 Å². The summed E-state index contributed by atoms with van der Waals surface area (Å²) in [6.07, 6.45) is 4.71. The molecule has 0 aliphatic carbocycles. The molecule has 0 radical (unpaired) electrons. The highest BCUT2D eigenvalue weighted by atomic mass is 32.1. The van der Waals surface area contributed by atoms with Gasteiger partial charge in [0.25, 0.3) is 0 Å². The molecule has 0 saturated carbocycles. The van der Waals surface area contributed by atoms with E-state index in [1.54, 1.807) is 17.5 Å². The number of thiazole rings is 1. The number of aromatic nitrogens is 3. The molecule has 5 heteroatoms. The van der Waals surface area contributed by atoms with E-state index < -0.39 is 0 Å². The van der Waals surface area contributed by atoms with Gasteiger partial charge in [0.1, 0.15) is 5.65 Å². The first-order chi connectivity index (χ1) is 9.31. The third-order valence-electron chi connectivity index (χ3n) is 3.12. The third-order valence-corrected chi connectivity index (χ3v) is 4.16. The minimum absolute atomic E-state index is 0.0342. The third kappa shape index (κ3) is 2.27. The second-order valence-corrected chi connectivity index (χ2v) is 5.34. The van der Waals surface area contributed by atoms with Crippen LogP contribution in [0.4, 0.5) is 0 Å².